The lowest BCUT2D eigenvalue weighted by atomic mass is 10.1. The normalized spacial score (nSPS) is 18.5. The number of carbonyl (C=O) groups excluding carboxylic acids is 1. The topological polar surface area (TPSA) is 63.2 Å². The molecule has 2 unspecified atom stereocenters. The quantitative estimate of drug-likeness (QED) is 0.468. The van der Waals surface area contributed by atoms with Crippen LogP contribution in [0.2, 0.25) is 0 Å². The number of carbonyl (C=O) groups is 1. The summed E-state index contributed by atoms with van der Waals surface area (Å²) >= 11 is 6.83. The van der Waals surface area contributed by atoms with Gasteiger partial charge >= 0.3 is 0 Å². The molecule has 1 aliphatic carbocycles. The van der Waals surface area contributed by atoms with E-state index >= 15 is 0 Å². The lowest BCUT2D eigenvalue weighted by Gasteiger charge is -2.14. The number of halogens is 2. The van der Waals surface area contributed by atoms with Crippen LogP contribution in [0.3, 0.4) is 0 Å². The lowest BCUT2D eigenvalue weighted by Crippen LogP contribution is -2.27. The van der Waals surface area contributed by atoms with E-state index in [-0.39, 0.29) is 5.91 Å². The molecule has 0 spiro atoms. The molecule has 1 saturated carbocycles. The van der Waals surface area contributed by atoms with Crippen LogP contribution in [0.25, 0.3) is 0 Å². The highest BCUT2D eigenvalue weighted by molar-refractivity contribution is 9.28. The number of benzene rings is 1. The largest absolute Gasteiger partial charge is 0.380 e. The van der Waals surface area contributed by atoms with Crippen molar-refractivity contribution in [3.05, 3.63) is 69.4 Å². The van der Waals surface area contributed by atoms with Crippen LogP contribution >= 0.6 is 31.9 Å². The number of para-hydroxylation sites is 1. The summed E-state index contributed by atoms with van der Waals surface area (Å²) in [5, 5.41) is 3.31. The van der Waals surface area contributed by atoms with Crippen LogP contribution in [0.1, 0.15) is 35.2 Å². The number of nitrogens with one attached hydrogen (secondary N) is 2. The molecule has 1 fully saturated rings. The Hall–Kier alpha value is -1.70. The molecule has 3 rings (SSSR count). The van der Waals surface area contributed by atoms with Crippen LogP contribution in [0.15, 0.2) is 58.3 Å². The Morgan fingerprint density at radius 3 is 2.75 bits per heavy atom. The number of hydrogen-bond acceptors (Lipinski definition) is 4. The molecule has 148 valence electrons. The van der Waals surface area contributed by atoms with Crippen molar-refractivity contribution < 1.29 is 9.63 Å². The number of aromatic nitrogens is 1. The van der Waals surface area contributed by atoms with Gasteiger partial charge in [-0.2, -0.15) is 0 Å². The van der Waals surface area contributed by atoms with E-state index in [0.717, 1.165) is 33.9 Å². The Labute approximate surface area is 182 Å². The maximum Gasteiger partial charge on any atom is 0.276 e. The first-order valence-electron chi connectivity index (χ1n) is 9.28. The second-order valence-electron chi connectivity index (χ2n) is 6.89. The first-order chi connectivity index (χ1) is 13.6. The smallest absolute Gasteiger partial charge is 0.276 e. The third kappa shape index (κ3) is 6.43. The first-order valence-corrected chi connectivity index (χ1v) is 10.9. The molecule has 1 aliphatic rings. The van der Waals surface area contributed by atoms with Gasteiger partial charge in [-0.1, -0.05) is 18.2 Å². The van der Waals surface area contributed by atoms with Crippen molar-refractivity contribution >= 4 is 43.5 Å². The van der Waals surface area contributed by atoms with Crippen LogP contribution in [-0.4, -0.2) is 17.5 Å². The van der Waals surface area contributed by atoms with Gasteiger partial charge in [-0.15, -0.1) is 0 Å². The second-order valence-corrected chi connectivity index (χ2v) is 9.67. The summed E-state index contributed by atoms with van der Waals surface area (Å²) in [6, 6.07) is 11.3. The fraction of sp³-hybridized carbons (Fsp3) is 0.333. The van der Waals surface area contributed by atoms with Crippen molar-refractivity contribution in [3.8, 4) is 0 Å². The van der Waals surface area contributed by atoms with Gasteiger partial charge in [0, 0.05) is 24.6 Å². The van der Waals surface area contributed by atoms with Gasteiger partial charge in [0.05, 0.1) is 15.6 Å². The van der Waals surface area contributed by atoms with E-state index in [4.69, 9.17) is 4.84 Å². The molecule has 2 aromatic rings. The number of rotatable bonds is 8. The van der Waals surface area contributed by atoms with Gasteiger partial charge in [0.15, 0.2) is 0 Å². The van der Waals surface area contributed by atoms with Crippen molar-refractivity contribution in [1.82, 2.24) is 10.5 Å². The number of pyridine rings is 1. The maximum absolute atomic E-state index is 12.6. The molecule has 0 aliphatic heterocycles. The minimum atomic E-state index is -0.240. The average molecular weight is 509 g/mol. The van der Waals surface area contributed by atoms with E-state index in [9.17, 15) is 4.79 Å². The van der Waals surface area contributed by atoms with Gasteiger partial charge in [0.1, 0.15) is 0 Å². The third-order valence-corrected chi connectivity index (χ3v) is 5.36. The fourth-order valence-electron chi connectivity index (χ4n) is 3.41. The minimum absolute atomic E-state index is 0.240. The van der Waals surface area contributed by atoms with Crippen LogP contribution in [-0.2, 0) is 11.4 Å². The standard InChI is InChI=1S/C21H23Br2N3O2/c22-20(23)12-16-5-6-17(11-16)14-28-26-21(27)18-3-1-2-4-19(18)25-13-15-7-9-24-10-8-15/h1-4,7-10,12,16-17,25H,5-6,11,13-14H2,(H,26,27). The van der Waals surface area contributed by atoms with Gasteiger partial charge in [-0.3, -0.25) is 14.6 Å². The zero-order chi connectivity index (χ0) is 19.8. The van der Waals surface area contributed by atoms with E-state index in [1.165, 1.54) is 0 Å². The second kappa shape index (κ2) is 10.7. The van der Waals surface area contributed by atoms with Gasteiger partial charge in [0.2, 0.25) is 0 Å². The summed E-state index contributed by atoms with van der Waals surface area (Å²) in [7, 11) is 0. The van der Waals surface area contributed by atoms with E-state index < -0.39 is 0 Å². The maximum atomic E-state index is 12.6. The van der Waals surface area contributed by atoms with Crippen LogP contribution in [0.5, 0.6) is 0 Å². The molecule has 2 atom stereocenters. The van der Waals surface area contributed by atoms with Gasteiger partial charge in [-0.05, 0) is 92.8 Å². The molecule has 0 saturated heterocycles. The highest BCUT2D eigenvalue weighted by Crippen LogP contribution is 2.34. The molecule has 2 N–H and O–H groups in total. The average Bonchev–Trinajstić information content (AvgIpc) is 3.13. The number of hydroxylamine groups is 1. The van der Waals surface area contributed by atoms with Crippen molar-refractivity contribution in [2.24, 2.45) is 11.8 Å². The highest BCUT2D eigenvalue weighted by atomic mass is 79.9. The summed E-state index contributed by atoms with van der Waals surface area (Å²) < 4.78 is 0.996. The van der Waals surface area contributed by atoms with Gasteiger partial charge in [-0.25, -0.2) is 5.48 Å². The summed E-state index contributed by atoms with van der Waals surface area (Å²) in [4.78, 5) is 22.1. The SMILES string of the molecule is O=C(NOCC1CCC(C=C(Br)Br)C1)c1ccccc1NCc1ccncc1. The van der Waals surface area contributed by atoms with E-state index in [2.05, 4.69) is 53.7 Å². The van der Waals surface area contributed by atoms with Crippen molar-refractivity contribution in [3.63, 3.8) is 0 Å². The van der Waals surface area contributed by atoms with Gasteiger partial charge in [0.25, 0.3) is 5.91 Å². The summed E-state index contributed by atoms with van der Waals surface area (Å²) in [6.07, 6.45) is 9.01. The Morgan fingerprint density at radius 1 is 1.18 bits per heavy atom. The molecule has 1 heterocycles. The van der Waals surface area contributed by atoms with E-state index in [1.807, 2.05) is 30.3 Å². The molecule has 1 amide bonds. The molecule has 5 nitrogen and oxygen atoms in total. The fourth-order valence-corrected chi connectivity index (χ4v) is 4.16. The van der Waals surface area contributed by atoms with Crippen molar-refractivity contribution in [2.45, 2.75) is 25.8 Å². The molecule has 1 aromatic carbocycles. The number of anilines is 1. The summed E-state index contributed by atoms with van der Waals surface area (Å²) in [6.45, 7) is 1.15. The Kier molecular flexibility index (Phi) is 8.06. The molecule has 0 radical (unpaired) electrons. The van der Waals surface area contributed by atoms with Crippen molar-refractivity contribution in [1.29, 1.82) is 0 Å². The summed E-state index contributed by atoms with van der Waals surface area (Å²) in [5.74, 6) is 0.771. The predicted octanol–water partition coefficient (Wildman–Crippen LogP) is 5.40. The predicted molar refractivity (Wildman–Crippen MR) is 118 cm³/mol. The van der Waals surface area contributed by atoms with Gasteiger partial charge < -0.3 is 5.32 Å². The molecule has 28 heavy (non-hydrogen) atoms. The summed E-state index contributed by atoms with van der Waals surface area (Å²) in [5.41, 5.74) is 5.03. The number of amides is 1. The number of hydrogen-bond donors (Lipinski definition) is 2. The van der Waals surface area contributed by atoms with Crippen molar-refractivity contribution in [2.75, 3.05) is 11.9 Å². The molecular weight excluding hydrogens is 486 g/mol. The zero-order valence-corrected chi connectivity index (χ0v) is 18.6. The third-order valence-electron chi connectivity index (χ3n) is 4.83. The van der Waals surface area contributed by atoms with Crippen LogP contribution < -0.4 is 10.8 Å². The number of nitrogens with zero attached hydrogens (tertiary/aromatic N) is 1. The minimum Gasteiger partial charge on any atom is -0.380 e. The first kappa shape index (κ1) is 21.0. The molecule has 7 heteroatoms. The Morgan fingerprint density at radius 2 is 1.96 bits per heavy atom. The zero-order valence-electron chi connectivity index (χ0n) is 15.4. The monoisotopic (exact) mass is 507 g/mol. The molecule has 0 bridgehead atoms. The Balaban J connectivity index is 1.49. The highest BCUT2D eigenvalue weighted by Gasteiger charge is 2.24. The number of allylic oxidation sites excluding steroid dienone is 1. The molecular formula is C21H23Br2N3O2. The van der Waals surface area contributed by atoms with E-state index in [0.29, 0.717) is 30.6 Å². The molecule has 1 aromatic heterocycles. The lowest BCUT2D eigenvalue weighted by molar-refractivity contribution is 0.0169. The van der Waals surface area contributed by atoms with Crippen LogP contribution in [0.4, 0.5) is 5.69 Å². The van der Waals surface area contributed by atoms with E-state index in [1.54, 1.807) is 18.5 Å². The Bertz CT molecular complexity index is 810. The van der Waals surface area contributed by atoms with Crippen LogP contribution in [0, 0.1) is 11.8 Å².